The standard InChI is InChI=1S/C32H28F5N3O4/c1-18(41)22-14-28(42)38(16-22)24-8-4-19(5-9-24)12-21-13-23(33)7-6-20(21)17-39-30(44)40(29(43)31(39,2)3)25-10-11-27(34)26(15-25)32(35,36)37/h4-11,13,15,22H,12,14,16-17H2,1-3H3. The molecule has 3 aromatic rings. The zero-order chi connectivity index (χ0) is 32.1. The number of ketones is 1. The summed E-state index contributed by atoms with van der Waals surface area (Å²) in [5.41, 5.74) is -1.13. The van der Waals surface area contributed by atoms with Crippen LogP contribution < -0.4 is 9.80 Å². The van der Waals surface area contributed by atoms with Crippen molar-refractivity contribution in [3.63, 3.8) is 0 Å². The number of benzene rings is 3. The Labute approximate surface area is 249 Å². The van der Waals surface area contributed by atoms with Gasteiger partial charge >= 0.3 is 12.2 Å². The van der Waals surface area contributed by atoms with E-state index in [1.807, 2.05) is 0 Å². The molecular weight excluding hydrogens is 585 g/mol. The molecule has 2 fully saturated rings. The van der Waals surface area contributed by atoms with E-state index in [1.165, 1.54) is 43.9 Å². The predicted molar refractivity (Wildman–Crippen MR) is 151 cm³/mol. The molecule has 0 radical (unpaired) electrons. The quantitative estimate of drug-likeness (QED) is 0.233. The van der Waals surface area contributed by atoms with Crippen molar-refractivity contribution in [2.75, 3.05) is 16.3 Å². The predicted octanol–water partition coefficient (Wildman–Crippen LogP) is 6.26. The molecule has 2 aliphatic heterocycles. The second kappa shape index (κ2) is 11.1. The normalized spacial score (nSPS) is 18.5. The number of hydrogen-bond donors (Lipinski definition) is 0. The van der Waals surface area contributed by atoms with Crippen LogP contribution in [0.5, 0.6) is 0 Å². The SMILES string of the molecule is CC(=O)C1CC(=O)N(c2ccc(Cc3cc(F)ccc3CN3C(=O)N(c4ccc(F)c(C(F)(F)F)c4)C(=O)C3(C)C)cc2)C1. The first-order valence-electron chi connectivity index (χ1n) is 13.8. The second-order valence-corrected chi connectivity index (χ2v) is 11.5. The molecule has 0 bridgehead atoms. The Bertz CT molecular complexity index is 1670. The van der Waals surface area contributed by atoms with Gasteiger partial charge in [-0.05, 0) is 86.3 Å². The largest absolute Gasteiger partial charge is 0.419 e. The van der Waals surface area contributed by atoms with Gasteiger partial charge in [-0.15, -0.1) is 0 Å². The van der Waals surface area contributed by atoms with E-state index in [-0.39, 0.29) is 37.0 Å². The molecule has 4 amide bonds. The highest BCUT2D eigenvalue weighted by Gasteiger charge is 2.52. The van der Waals surface area contributed by atoms with Crippen molar-refractivity contribution < 1.29 is 41.1 Å². The van der Waals surface area contributed by atoms with E-state index in [9.17, 15) is 41.1 Å². The minimum absolute atomic E-state index is 0.0516. The van der Waals surface area contributed by atoms with Gasteiger partial charge in [0.2, 0.25) is 5.91 Å². The molecule has 12 heteroatoms. The summed E-state index contributed by atoms with van der Waals surface area (Å²) in [6.45, 7) is 4.48. The lowest BCUT2D eigenvalue weighted by Crippen LogP contribution is -2.43. The van der Waals surface area contributed by atoms with Crippen molar-refractivity contribution in [1.29, 1.82) is 0 Å². The lowest BCUT2D eigenvalue weighted by Gasteiger charge is -2.28. The molecule has 0 aliphatic carbocycles. The van der Waals surface area contributed by atoms with E-state index in [2.05, 4.69) is 0 Å². The number of amides is 4. The number of anilines is 2. The smallest absolute Gasteiger partial charge is 0.312 e. The Hall–Kier alpha value is -4.61. The van der Waals surface area contributed by atoms with Gasteiger partial charge in [0.15, 0.2) is 0 Å². The summed E-state index contributed by atoms with van der Waals surface area (Å²) in [5, 5.41) is 0. The summed E-state index contributed by atoms with van der Waals surface area (Å²) in [6.07, 6.45) is -4.66. The molecule has 1 unspecified atom stereocenters. The Balaban J connectivity index is 1.39. The molecule has 0 spiro atoms. The fraction of sp³-hybridized carbons (Fsp3) is 0.312. The van der Waals surface area contributed by atoms with Gasteiger partial charge in [-0.2, -0.15) is 13.2 Å². The van der Waals surface area contributed by atoms with Crippen molar-refractivity contribution in [3.05, 3.63) is 94.6 Å². The molecular formula is C32H28F5N3O4. The number of alkyl halides is 3. The van der Waals surface area contributed by atoms with E-state index in [4.69, 9.17) is 0 Å². The Morgan fingerprint density at radius 2 is 1.57 bits per heavy atom. The average Bonchev–Trinajstić information content (AvgIpc) is 3.41. The summed E-state index contributed by atoms with van der Waals surface area (Å²) < 4.78 is 68.3. The van der Waals surface area contributed by atoms with E-state index in [1.54, 1.807) is 29.2 Å². The van der Waals surface area contributed by atoms with Crippen LogP contribution in [0, 0.1) is 17.6 Å². The minimum atomic E-state index is -5.04. The van der Waals surface area contributed by atoms with Crippen LogP contribution in [0.3, 0.4) is 0 Å². The van der Waals surface area contributed by atoms with E-state index < -0.39 is 46.5 Å². The zero-order valence-corrected chi connectivity index (χ0v) is 24.0. The molecule has 7 nitrogen and oxygen atoms in total. The summed E-state index contributed by atoms with van der Waals surface area (Å²) in [7, 11) is 0. The fourth-order valence-corrected chi connectivity index (χ4v) is 5.53. The van der Waals surface area contributed by atoms with Gasteiger partial charge in [-0.25, -0.2) is 18.5 Å². The van der Waals surface area contributed by atoms with Crippen LogP contribution in [-0.4, -0.2) is 40.6 Å². The number of halogens is 5. The van der Waals surface area contributed by atoms with E-state index in [0.717, 1.165) is 11.6 Å². The lowest BCUT2D eigenvalue weighted by molar-refractivity contribution is -0.140. The second-order valence-electron chi connectivity index (χ2n) is 11.5. The maximum Gasteiger partial charge on any atom is 0.419 e. The molecule has 230 valence electrons. The maximum atomic E-state index is 14.4. The number of hydrogen-bond acceptors (Lipinski definition) is 4. The third-order valence-electron chi connectivity index (χ3n) is 8.18. The van der Waals surface area contributed by atoms with Crippen molar-refractivity contribution in [1.82, 2.24) is 4.90 Å². The van der Waals surface area contributed by atoms with Crippen LogP contribution in [0.25, 0.3) is 0 Å². The summed E-state index contributed by atoms with van der Waals surface area (Å²) in [4.78, 5) is 54.3. The van der Waals surface area contributed by atoms with Gasteiger partial charge in [0.25, 0.3) is 5.91 Å². The third-order valence-corrected chi connectivity index (χ3v) is 8.18. The van der Waals surface area contributed by atoms with Gasteiger partial charge in [0.05, 0.1) is 11.3 Å². The Morgan fingerprint density at radius 3 is 2.18 bits per heavy atom. The zero-order valence-electron chi connectivity index (χ0n) is 24.0. The average molecular weight is 614 g/mol. The number of Topliss-reactive ketones (excluding diaryl/α,β-unsaturated/α-hetero) is 1. The molecule has 5 rings (SSSR count). The Morgan fingerprint density at radius 1 is 0.909 bits per heavy atom. The topological polar surface area (TPSA) is 78.0 Å². The number of urea groups is 1. The first-order valence-corrected chi connectivity index (χ1v) is 13.8. The molecule has 1 atom stereocenters. The summed E-state index contributed by atoms with van der Waals surface area (Å²) >= 11 is 0. The molecule has 2 aliphatic rings. The molecule has 44 heavy (non-hydrogen) atoms. The highest BCUT2D eigenvalue weighted by Crippen LogP contribution is 2.38. The van der Waals surface area contributed by atoms with Crippen LogP contribution in [0.1, 0.15) is 49.4 Å². The van der Waals surface area contributed by atoms with Crippen LogP contribution in [0.15, 0.2) is 60.7 Å². The molecule has 0 aromatic heterocycles. The van der Waals surface area contributed by atoms with Gasteiger partial charge in [0.1, 0.15) is 23.0 Å². The van der Waals surface area contributed by atoms with Crippen LogP contribution in [0.2, 0.25) is 0 Å². The van der Waals surface area contributed by atoms with Crippen molar-refractivity contribution >= 4 is 35.0 Å². The van der Waals surface area contributed by atoms with Gasteiger partial charge < -0.3 is 9.80 Å². The molecule has 2 saturated heterocycles. The number of carbonyl (C=O) groups excluding carboxylic acids is 4. The number of carbonyl (C=O) groups is 4. The molecule has 2 heterocycles. The van der Waals surface area contributed by atoms with Crippen molar-refractivity contribution in [3.8, 4) is 0 Å². The Kier molecular flexibility index (Phi) is 7.81. The van der Waals surface area contributed by atoms with Crippen molar-refractivity contribution in [2.45, 2.75) is 51.9 Å². The first kappa shape index (κ1) is 30.8. The van der Waals surface area contributed by atoms with Gasteiger partial charge in [-0.1, -0.05) is 18.2 Å². The lowest BCUT2D eigenvalue weighted by atomic mass is 9.97. The summed E-state index contributed by atoms with van der Waals surface area (Å²) in [6, 6.07) is 12.0. The first-order chi connectivity index (χ1) is 20.6. The highest BCUT2D eigenvalue weighted by atomic mass is 19.4. The fourth-order valence-electron chi connectivity index (χ4n) is 5.53. The van der Waals surface area contributed by atoms with Gasteiger partial charge in [0, 0.05) is 31.1 Å². The number of imide groups is 1. The van der Waals surface area contributed by atoms with Crippen molar-refractivity contribution in [2.24, 2.45) is 5.92 Å². The maximum absolute atomic E-state index is 14.4. The van der Waals surface area contributed by atoms with E-state index >= 15 is 0 Å². The highest BCUT2D eigenvalue weighted by molar-refractivity contribution is 6.23. The van der Waals surface area contributed by atoms with Crippen LogP contribution in [-0.2, 0) is 33.5 Å². The van der Waals surface area contributed by atoms with Crippen LogP contribution >= 0.6 is 0 Å². The summed E-state index contributed by atoms with van der Waals surface area (Å²) in [5.74, 6) is -3.43. The van der Waals surface area contributed by atoms with E-state index in [0.29, 0.717) is 40.4 Å². The molecule has 0 N–H and O–H groups in total. The molecule has 3 aromatic carbocycles. The monoisotopic (exact) mass is 613 g/mol. The number of nitrogens with zero attached hydrogens (tertiary/aromatic N) is 3. The third kappa shape index (κ3) is 5.68. The molecule has 0 saturated carbocycles. The number of rotatable bonds is 7. The minimum Gasteiger partial charge on any atom is -0.312 e. The van der Waals surface area contributed by atoms with Gasteiger partial charge in [-0.3, -0.25) is 14.4 Å². The van der Waals surface area contributed by atoms with Crippen LogP contribution in [0.4, 0.5) is 38.1 Å².